The highest BCUT2D eigenvalue weighted by Crippen LogP contribution is 2.33. The molecular weight excluding hydrogens is 278 g/mol. The SMILES string of the molecule is CC1(C)CN(c2ccc(SNCc3ccncc3)cc2)C1. The summed E-state index contributed by atoms with van der Waals surface area (Å²) in [6, 6.07) is 12.9. The molecule has 0 spiro atoms. The molecule has 110 valence electrons. The van der Waals surface area contributed by atoms with Crippen LogP contribution in [-0.2, 0) is 6.54 Å². The molecule has 1 aromatic carbocycles. The molecule has 0 aliphatic carbocycles. The summed E-state index contributed by atoms with van der Waals surface area (Å²) in [5.74, 6) is 0. The molecule has 1 N–H and O–H groups in total. The number of hydrogen-bond donors (Lipinski definition) is 1. The Morgan fingerprint density at radius 1 is 1.10 bits per heavy atom. The monoisotopic (exact) mass is 299 g/mol. The summed E-state index contributed by atoms with van der Waals surface area (Å²) in [5, 5.41) is 0. The molecule has 2 aromatic rings. The zero-order chi connectivity index (χ0) is 14.7. The fourth-order valence-corrected chi connectivity index (χ4v) is 3.28. The molecule has 1 fully saturated rings. The van der Waals surface area contributed by atoms with Crippen LogP contribution in [0.15, 0.2) is 53.7 Å². The molecule has 4 heteroatoms. The molecule has 0 radical (unpaired) electrons. The predicted molar refractivity (Wildman–Crippen MR) is 89.4 cm³/mol. The molecule has 1 aromatic heterocycles. The Kier molecular flexibility index (Phi) is 4.17. The molecule has 3 rings (SSSR count). The second-order valence-electron chi connectivity index (χ2n) is 6.29. The molecular formula is C17H21N3S. The van der Waals surface area contributed by atoms with Crippen LogP contribution in [-0.4, -0.2) is 18.1 Å². The van der Waals surface area contributed by atoms with E-state index in [1.165, 1.54) is 16.1 Å². The van der Waals surface area contributed by atoms with E-state index in [1.54, 1.807) is 11.9 Å². The summed E-state index contributed by atoms with van der Waals surface area (Å²) >= 11 is 1.67. The second-order valence-corrected chi connectivity index (χ2v) is 7.26. The summed E-state index contributed by atoms with van der Waals surface area (Å²) in [6.07, 6.45) is 3.65. The van der Waals surface area contributed by atoms with Gasteiger partial charge in [0.05, 0.1) is 0 Å². The normalized spacial score (nSPS) is 16.6. The summed E-state index contributed by atoms with van der Waals surface area (Å²) in [4.78, 5) is 7.69. The van der Waals surface area contributed by atoms with Crippen molar-refractivity contribution in [3.8, 4) is 0 Å². The van der Waals surface area contributed by atoms with Gasteiger partial charge in [-0.1, -0.05) is 13.8 Å². The minimum absolute atomic E-state index is 0.472. The molecule has 0 saturated carbocycles. The van der Waals surface area contributed by atoms with Crippen molar-refractivity contribution in [3.05, 3.63) is 54.4 Å². The number of anilines is 1. The van der Waals surface area contributed by atoms with Gasteiger partial charge in [0.15, 0.2) is 0 Å². The average Bonchev–Trinajstić information content (AvgIpc) is 2.47. The van der Waals surface area contributed by atoms with Crippen molar-refractivity contribution in [1.29, 1.82) is 0 Å². The maximum Gasteiger partial charge on any atom is 0.0367 e. The van der Waals surface area contributed by atoms with E-state index < -0.39 is 0 Å². The third kappa shape index (κ3) is 3.77. The van der Waals surface area contributed by atoms with Crippen molar-refractivity contribution in [1.82, 2.24) is 9.71 Å². The van der Waals surface area contributed by atoms with Gasteiger partial charge in [-0.15, -0.1) is 0 Å². The first-order valence-corrected chi connectivity index (χ1v) is 8.08. The number of hydrogen-bond acceptors (Lipinski definition) is 4. The lowest BCUT2D eigenvalue weighted by Gasteiger charge is -2.47. The third-order valence-corrected chi connectivity index (χ3v) is 4.45. The molecule has 1 aliphatic rings. The van der Waals surface area contributed by atoms with Gasteiger partial charge in [-0.25, -0.2) is 0 Å². The minimum atomic E-state index is 0.472. The summed E-state index contributed by atoms with van der Waals surface area (Å²) in [7, 11) is 0. The fourth-order valence-electron chi connectivity index (χ4n) is 2.60. The number of aromatic nitrogens is 1. The Morgan fingerprint density at radius 2 is 1.76 bits per heavy atom. The number of rotatable bonds is 5. The van der Waals surface area contributed by atoms with Gasteiger partial charge >= 0.3 is 0 Å². The summed E-state index contributed by atoms with van der Waals surface area (Å²) < 4.78 is 3.38. The van der Waals surface area contributed by atoms with E-state index >= 15 is 0 Å². The van der Waals surface area contributed by atoms with E-state index in [-0.39, 0.29) is 0 Å². The lowest BCUT2D eigenvalue weighted by atomic mass is 9.84. The van der Waals surface area contributed by atoms with Crippen LogP contribution in [0.1, 0.15) is 19.4 Å². The van der Waals surface area contributed by atoms with Crippen LogP contribution in [0.25, 0.3) is 0 Å². The van der Waals surface area contributed by atoms with Crippen LogP contribution >= 0.6 is 11.9 Å². The summed E-state index contributed by atoms with van der Waals surface area (Å²) in [6.45, 7) is 7.78. The van der Waals surface area contributed by atoms with E-state index in [1.807, 2.05) is 24.5 Å². The van der Waals surface area contributed by atoms with Gasteiger partial charge in [-0.3, -0.25) is 9.71 Å². The molecule has 3 nitrogen and oxygen atoms in total. The van der Waals surface area contributed by atoms with E-state index in [9.17, 15) is 0 Å². The molecule has 1 saturated heterocycles. The van der Waals surface area contributed by atoms with E-state index in [0.717, 1.165) is 19.6 Å². The average molecular weight is 299 g/mol. The fraction of sp³-hybridized carbons (Fsp3) is 0.353. The second kappa shape index (κ2) is 6.08. The highest BCUT2D eigenvalue weighted by Gasteiger charge is 2.33. The number of pyridine rings is 1. The van der Waals surface area contributed by atoms with Gasteiger partial charge < -0.3 is 4.90 Å². The highest BCUT2D eigenvalue weighted by atomic mass is 32.2. The molecule has 21 heavy (non-hydrogen) atoms. The zero-order valence-corrected chi connectivity index (χ0v) is 13.4. The maximum atomic E-state index is 4.02. The van der Waals surface area contributed by atoms with Gasteiger partial charge in [-0.05, 0) is 59.3 Å². The van der Waals surface area contributed by atoms with E-state index in [4.69, 9.17) is 0 Å². The van der Waals surface area contributed by atoms with Gasteiger partial charge in [0.2, 0.25) is 0 Å². The Bertz CT molecular complexity index is 573. The Morgan fingerprint density at radius 3 is 2.38 bits per heavy atom. The molecule has 0 bridgehead atoms. The molecule has 0 atom stereocenters. The van der Waals surface area contributed by atoms with Gasteiger partial charge in [0.1, 0.15) is 0 Å². The minimum Gasteiger partial charge on any atom is -0.370 e. The quantitative estimate of drug-likeness (QED) is 0.852. The van der Waals surface area contributed by atoms with Crippen molar-refractivity contribution in [2.45, 2.75) is 25.3 Å². The first-order valence-electron chi connectivity index (χ1n) is 7.26. The van der Waals surface area contributed by atoms with Gasteiger partial charge in [-0.2, -0.15) is 0 Å². The van der Waals surface area contributed by atoms with E-state index in [2.05, 4.69) is 52.7 Å². The maximum absolute atomic E-state index is 4.02. The number of benzene rings is 1. The standard InChI is InChI=1S/C17H21N3S/c1-17(2)12-20(13-17)15-3-5-16(6-4-15)21-19-11-14-7-9-18-10-8-14/h3-10,19H,11-13H2,1-2H3. The third-order valence-electron chi connectivity index (χ3n) is 3.66. The van der Waals surface area contributed by atoms with Crippen LogP contribution < -0.4 is 9.62 Å². The lowest BCUT2D eigenvalue weighted by Crippen LogP contribution is -2.53. The molecule has 2 heterocycles. The van der Waals surface area contributed by atoms with Crippen molar-refractivity contribution in [2.24, 2.45) is 5.41 Å². The summed E-state index contributed by atoms with van der Waals surface area (Å²) in [5.41, 5.74) is 3.05. The van der Waals surface area contributed by atoms with Crippen LogP contribution in [0.3, 0.4) is 0 Å². The molecule has 0 amide bonds. The van der Waals surface area contributed by atoms with Gasteiger partial charge in [0, 0.05) is 42.6 Å². The smallest absolute Gasteiger partial charge is 0.0367 e. The molecule has 0 unspecified atom stereocenters. The highest BCUT2D eigenvalue weighted by molar-refractivity contribution is 7.97. The van der Waals surface area contributed by atoms with Crippen molar-refractivity contribution >= 4 is 17.6 Å². The van der Waals surface area contributed by atoms with Crippen molar-refractivity contribution < 1.29 is 0 Å². The Labute approximate surface area is 130 Å². The predicted octanol–water partition coefficient (Wildman–Crippen LogP) is 3.72. The van der Waals surface area contributed by atoms with E-state index in [0.29, 0.717) is 5.41 Å². The van der Waals surface area contributed by atoms with Crippen molar-refractivity contribution in [3.63, 3.8) is 0 Å². The van der Waals surface area contributed by atoms with Crippen LogP contribution in [0.5, 0.6) is 0 Å². The Balaban J connectivity index is 1.49. The number of nitrogens with one attached hydrogen (secondary N) is 1. The van der Waals surface area contributed by atoms with Crippen LogP contribution in [0.4, 0.5) is 5.69 Å². The molecule has 1 aliphatic heterocycles. The van der Waals surface area contributed by atoms with Crippen LogP contribution in [0, 0.1) is 5.41 Å². The first kappa shape index (κ1) is 14.4. The topological polar surface area (TPSA) is 28.2 Å². The zero-order valence-electron chi connectivity index (χ0n) is 12.5. The number of nitrogens with zero attached hydrogens (tertiary/aromatic N) is 2. The first-order chi connectivity index (χ1) is 10.1. The lowest BCUT2D eigenvalue weighted by molar-refractivity contribution is 0.276. The largest absolute Gasteiger partial charge is 0.370 e. The van der Waals surface area contributed by atoms with Gasteiger partial charge in [0.25, 0.3) is 0 Å². The van der Waals surface area contributed by atoms with Crippen LogP contribution in [0.2, 0.25) is 0 Å². The Hall–Kier alpha value is -1.52. The van der Waals surface area contributed by atoms with Crippen molar-refractivity contribution in [2.75, 3.05) is 18.0 Å².